The summed E-state index contributed by atoms with van der Waals surface area (Å²) in [4.78, 5) is 270. The maximum absolute atomic E-state index is 16.0. The Balaban J connectivity index is 1.11. The number of thioether (sulfide) groups is 1. The van der Waals surface area contributed by atoms with Gasteiger partial charge in [-0.25, -0.2) is 13.8 Å². The molecule has 9 rings (SSSR count). The van der Waals surface area contributed by atoms with E-state index in [1.807, 2.05) is 13.8 Å². The first kappa shape index (κ1) is 108. The van der Waals surface area contributed by atoms with Crippen molar-refractivity contribution < 1.29 is 101 Å². The fourth-order valence-electron chi connectivity index (χ4n) is 17.2. The van der Waals surface area contributed by atoms with Crippen molar-refractivity contribution >= 4 is 140 Å². The number of nitrogens with zero attached hydrogens (tertiary/aromatic N) is 6. The highest BCUT2D eigenvalue weighted by atomic mass is 32.2. The van der Waals surface area contributed by atoms with Crippen LogP contribution in [0, 0.1) is 23.0 Å². The smallest absolute Gasteiger partial charge is 0.246 e. The van der Waals surface area contributed by atoms with Crippen LogP contribution >= 0.6 is 11.8 Å². The number of guanidine groups is 1. The molecule has 3 aliphatic rings. The number of likely N-dealkylation sites (N-methyl/N-ethyl adjacent to an activating group) is 3. The highest BCUT2D eigenvalue weighted by molar-refractivity contribution is 8.00. The number of carbonyl (C=O) groups excluding carboxylic acids is 17. The average molecular weight is 1940 g/mol. The molecule has 3 aromatic carbocycles. The number of nitrogens with one attached hydrogen (secondary N) is 15. The number of primary amides is 2. The zero-order chi connectivity index (χ0) is 101. The molecule has 0 spiro atoms. The Hall–Kier alpha value is -13.7. The highest BCUT2D eigenvalue weighted by Crippen LogP contribution is 2.32. The molecule has 3 fully saturated rings. The summed E-state index contributed by atoms with van der Waals surface area (Å²) in [6.07, 6.45) is 3.09. The van der Waals surface area contributed by atoms with Gasteiger partial charge in [-0.3, -0.25) is 86.9 Å². The van der Waals surface area contributed by atoms with Gasteiger partial charge in [-0.05, 0) is 98.7 Å². The molecule has 6 aromatic rings. The summed E-state index contributed by atoms with van der Waals surface area (Å²) in [6.45, 7) is 7.36. The van der Waals surface area contributed by atoms with Crippen molar-refractivity contribution in [2.45, 2.75) is 241 Å². The van der Waals surface area contributed by atoms with Crippen LogP contribution in [-0.2, 0) is 101 Å². The predicted octanol–water partition coefficient (Wildman–Crippen LogP) is -1.80. The van der Waals surface area contributed by atoms with Gasteiger partial charge in [-0.2, -0.15) is 0 Å². The minimum Gasteiger partial charge on any atom is -0.394 e. The highest BCUT2D eigenvalue weighted by Gasteiger charge is 2.47. The second kappa shape index (κ2) is 51.0. The Morgan fingerprint density at radius 1 is 0.580 bits per heavy atom. The van der Waals surface area contributed by atoms with Crippen LogP contribution in [0.4, 0.5) is 8.78 Å². The van der Waals surface area contributed by atoms with Gasteiger partial charge < -0.3 is 125 Å². The van der Waals surface area contributed by atoms with Gasteiger partial charge in [0.2, 0.25) is 100 Å². The first-order chi connectivity index (χ1) is 65.6. The zero-order valence-electron chi connectivity index (χ0n) is 78.7. The SMILES string of the molecule is CCCC[C@H]1C(=O)N(C)[C@@H](CCCC)C(=O)N[C@@H](CCCNC(=N)N)C(=O)N[C@H](C(=O)NCC(N)=O)CSCC(=O)N[C@@H](Cc2cc(F)cc(F)c2)C(=O)N(C)[C@@H](C)C(=O)N[C@@H](CC(N)=O)C(=O)N2CCC[C@H]2C(=O)N[C@@H](Cc2cnc[nH]2)C(=O)N[C@@H](CC(C)C)C(=O)N2C[C@H](O)CC2C(=O)N[C@@H](Cc2c[nH]c3ccccc23)C(=O)N[C@@H](CO)C(=O)N[C@@H]([C@H](C)c2c[nH]c3ccccc23)C(=O)N1C. The molecule has 3 aromatic heterocycles. The van der Waals surface area contributed by atoms with E-state index in [-0.39, 0.29) is 82.4 Å². The Morgan fingerprint density at radius 2 is 1.16 bits per heavy atom. The lowest BCUT2D eigenvalue weighted by molar-refractivity contribution is -0.150. The molecule has 3 saturated heterocycles. The number of para-hydroxylation sites is 2. The Bertz CT molecular complexity index is 5350. The largest absolute Gasteiger partial charge is 0.394 e. The topological polar surface area (TPSA) is 641 Å². The summed E-state index contributed by atoms with van der Waals surface area (Å²) in [5.74, 6) is -22.1. The number of aromatic amines is 3. The molecule has 46 heteroatoms. The molecule has 6 heterocycles. The first-order valence-electron chi connectivity index (χ1n) is 46.1. The Morgan fingerprint density at radius 3 is 1.79 bits per heavy atom. The number of hydrogen-bond acceptors (Lipinski definition) is 22. The fraction of sp³-hybridized carbons (Fsp3) is 0.533. The van der Waals surface area contributed by atoms with E-state index in [1.165, 1.54) is 33.5 Å². The first-order valence-corrected chi connectivity index (χ1v) is 47.2. The second-order valence-corrected chi connectivity index (χ2v) is 36.6. The number of halogens is 2. The summed E-state index contributed by atoms with van der Waals surface area (Å²) in [7, 11) is 3.77. The van der Waals surface area contributed by atoms with E-state index in [0.717, 1.165) is 43.7 Å². The van der Waals surface area contributed by atoms with Crippen molar-refractivity contribution in [3.05, 3.63) is 126 Å². The van der Waals surface area contributed by atoms with E-state index in [4.69, 9.17) is 22.6 Å². The minimum absolute atomic E-state index is 0.00141. The summed E-state index contributed by atoms with van der Waals surface area (Å²) in [5, 5.41) is 60.6. The van der Waals surface area contributed by atoms with Crippen LogP contribution < -0.4 is 75.7 Å². The molecular formula is C92H128F2N24O19S. The number of aliphatic hydroxyl groups is 2. The third-order valence-corrected chi connectivity index (χ3v) is 25.8. The number of nitrogens with two attached hydrogens (primary N) is 3. The van der Waals surface area contributed by atoms with Crippen molar-refractivity contribution in [2.75, 3.05) is 65.4 Å². The molecule has 0 bridgehead atoms. The van der Waals surface area contributed by atoms with Crippen LogP contribution in [0.5, 0.6) is 0 Å². The van der Waals surface area contributed by atoms with Crippen LogP contribution in [0.15, 0.2) is 91.6 Å². The monoisotopic (exact) mass is 1940 g/mol. The molecule has 138 heavy (non-hydrogen) atoms. The molecule has 0 saturated carbocycles. The van der Waals surface area contributed by atoms with Crippen molar-refractivity contribution in [1.29, 1.82) is 5.41 Å². The van der Waals surface area contributed by atoms with Gasteiger partial charge in [0.05, 0.1) is 37.8 Å². The number of amides is 17. The van der Waals surface area contributed by atoms with Gasteiger partial charge in [-0.15, -0.1) is 11.8 Å². The van der Waals surface area contributed by atoms with E-state index in [9.17, 15) is 62.1 Å². The Kier molecular flexibility index (Phi) is 39.9. The number of fused-ring (bicyclic) bond motifs is 4. The van der Waals surface area contributed by atoms with E-state index >= 15 is 38.4 Å². The van der Waals surface area contributed by atoms with E-state index in [2.05, 4.69) is 78.4 Å². The fourth-order valence-corrected chi connectivity index (χ4v) is 18.0. The summed E-state index contributed by atoms with van der Waals surface area (Å²) in [6, 6.07) is -6.40. The number of imidazole rings is 1. The van der Waals surface area contributed by atoms with Crippen molar-refractivity contribution in [1.82, 2.24) is 103 Å². The number of aromatic nitrogens is 4. The number of H-pyrrole nitrogens is 3. The zero-order valence-corrected chi connectivity index (χ0v) is 79.5. The predicted molar refractivity (Wildman–Crippen MR) is 503 cm³/mol. The summed E-state index contributed by atoms with van der Waals surface area (Å²) < 4.78 is 29.9. The van der Waals surface area contributed by atoms with E-state index < -0.39 is 265 Å². The lowest BCUT2D eigenvalue weighted by Gasteiger charge is -2.37. The maximum atomic E-state index is 16.0. The average Bonchev–Trinajstić information content (AvgIpc) is 1.59. The third-order valence-electron chi connectivity index (χ3n) is 24.8. The normalized spacial score (nSPS) is 24.7. The van der Waals surface area contributed by atoms with Crippen LogP contribution in [-0.4, -0.2) is 317 Å². The number of benzene rings is 3. The number of unbranched alkanes of at least 4 members (excludes halogenated alkanes) is 2. The quantitative estimate of drug-likeness (QED) is 0.0162. The molecule has 1 unspecified atom stereocenters. The summed E-state index contributed by atoms with van der Waals surface area (Å²) in [5.41, 5.74) is 19.1. The standard InChI is InChI=1S/C92H128F2N24O19S/c1-10-12-25-70-84(130)106-62(24-18-28-100-92(97)98)80(126)112-69(79(125)103-42-75(96)122)45-138-46-76(123)105-66(33-51-31-53(93)35-54(94)32-51)87(133)114(7)50(6)78(124)109-67(38-74(95)121)88(134)117-29-19-27-71(117)85(131)108-64(36-55-40-99-47-104-55)82(128)110-65(30-48(3)4)89(135)118-43-56(120)37-73(118)86(132)107-63(34-52-39-101-60-22-16-14-20-57(52)60)81(127)111-68(44-119)83(129)113-77(49(5)59-41-102-61-23-17-15-21-58(59)61)91(137)116(9)72(26-13-11-2)90(136)115(70)8/h14-17,20-23,31-32,35,39-41,47-50,56,62-73,77,101-102,119-120H,10-13,18-19,24-30,33-34,36-38,42-46H2,1-9H3,(H2,95,121)(H2,96,122)(H,99,104)(H,103,125)(H,105,123)(H,106,130)(H,107,132)(H,108,131)(H,109,124)(H,110,128)(H,111,127)(H,112,126)(H,113,129)(H4,97,98,100)/t49-,50+,56-,62+,63+,64+,65+,66+,67+,68+,69+,70+,71+,72+,73?,77+/m1/s1. The molecule has 23 N–H and O–H groups in total. The number of carbonyl (C=O) groups is 17. The maximum Gasteiger partial charge on any atom is 0.246 e. The molecule has 0 radical (unpaired) electrons. The van der Waals surface area contributed by atoms with E-state index in [1.54, 1.807) is 81.7 Å². The van der Waals surface area contributed by atoms with Gasteiger partial charge in [-0.1, -0.05) is 96.7 Å². The molecule has 17 amide bonds. The number of hydrogen-bond donors (Lipinski definition) is 20. The molecule has 750 valence electrons. The van der Waals surface area contributed by atoms with Crippen molar-refractivity contribution in [3.8, 4) is 0 Å². The third kappa shape index (κ3) is 29.4. The molecule has 43 nitrogen and oxygen atoms in total. The van der Waals surface area contributed by atoms with Crippen LogP contribution in [0.3, 0.4) is 0 Å². The molecule has 16 atom stereocenters. The molecule has 0 aliphatic carbocycles. The van der Waals surface area contributed by atoms with Gasteiger partial charge in [0, 0.05) is 130 Å². The lowest BCUT2D eigenvalue weighted by Crippen LogP contribution is -2.62. The summed E-state index contributed by atoms with van der Waals surface area (Å²) >= 11 is 0.676. The van der Waals surface area contributed by atoms with Gasteiger partial charge in [0.25, 0.3) is 0 Å². The lowest BCUT2D eigenvalue weighted by atomic mass is 9.91. The van der Waals surface area contributed by atoms with Crippen molar-refractivity contribution in [2.24, 2.45) is 23.1 Å². The van der Waals surface area contributed by atoms with Crippen LogP contribution in [0.1, 0.15) is 153 Å². The van der Waals surface area contributed by atoms with Gasteiger partial charge in [0.15, 0.2) is 5.96 Å². The van der Waals surface area contributed by atoms with Crippen LogP contribution in [0.2, 0.25) is 0 Å². The molecular weight excluding hydrogens is 1820 g/mol. The number of rotatable bonds is 26. The minimum atomic E-state index is -1.92. The van der Waals surface area contributed by atoms with Gasteiger partial charge in [0.1, 0.15) is 96.2 Å². The van der Waals surface area contributed by atoms with Crippen LogP contribution in [0.25, 0.3) is 21.8 Å². The van der Waals surface area contributed by atoms with E-state index in [0.29, 0.717) is 82.1 Å². The van der Waals surface area contributed by atoms with Gasteiger partial charge >= 0.3 is 0 Å². The number of aliphatic hydroxyl groups excluding tert-OH is 2. The second-order valence-electron chi connectivity index (χ2n) is 35.5. The van der Waals surface area contributed by atoms with Crippen molar-refractivity contribution in [3.63, 3.8) is 0 Å². The Labute approximate surface area is 800 Å². The molecule has 3 aliphatic heterocycles.